The van der Waals surface area contributed by atoms with E-state index in [0.29, 0.717) is 10.7 Å². The Hall–Kier alpha value is -2.23. The second-order valence-electron chi connectivity index (χ2n) is 4.39. The van der Waals surface area contributed by atoms with E-state index < -0.39 is 11.8 Å². The van der Waals surface area contributed by atoms with Gasteiger partial charge >= 0.3 is 11.8 Å². The van der Waals surface area contributed by atoms with Gasteiger partial charge in [0.15, 0.2) is 0 Å². The molecule has 0 amide bonds. The molecule has 0 radical (unpaired) electrons. The Labute approximate surface area is 143 Å². The summed E-state index contributed by atoms with van der Waals surface area (Å²) in [5.41, 5.74) is -0.461. The molecular weight excluding hydrogens is 338 g/mol. The maximum absolute atomic E-state index is 11.5. The van der Waals surface area contributed by atoms with Crippen LogP contribution < -0.4 is 11.0 Å². The van der Waals surface area contributed by atoms with Crippen LogP contribution in [0.4, 0.5) is 4.79 Å². The Balaban J connectivity index is 0.000000307. The molecule has 2 rings (SSSR count). The first-order chi connectivity index (χ1) is 11.5. The lowest BCUT2D eigenvalue weighted by molar-refractivity contribution is 0.149. The predicted octanol–water partition coefficient (Wildman–Crippen LogP) is 1.24. The summed E-state index contributed by atoms with van der Waals surface area (Å²) in [5.74, 6) is 0. The van der Waals surface area contributed by atoms with E-state index >= 15 is 0 Å². The minimum absolute atomic E-state index is 0.245. The summed E-state index contributed by atoms with van der Waals surface area (Å²) in [6.45, 7) is 7.77. The van der Waals surface area contributed by atoms with Crippen molar-refractivity contribution in [2.75, 3.05) is 26.3 Å². The van der Waals surface area contributed by atoms with E-state index in [1.807, 2.05) is 6.92 Å². The first-order valence-electron chi connectivity index (χ1n) is 7.34. The van der Waals surface area contributed by atoms with Crippen molar-refractivity contribution in [3.05, 3.63) is 39.8 Å². The molecule has 2 N–H and O–H groups in total. The Kier molecular flexibility index (Phi) is 8.69. The van der Waals surface area contributed by atoms with Gasteiger partial charge < -0.3 is 15.2 Å². The largest absolute Gasteiger partial charge is 0.463 e. The van der Waals surface area contributed by atoms with Crippen LogP contribution >= 0.6 is 11.6 Å². The molecule has 0 aliphatic heterocycles. The minimum Gasteiger partial charge on any atom is -0.463 e. The number of aromatic nitrogens is 4. The molecule has 9 nitrogen and oxygen atoms in total. The van der Waals surface area contributed by atoms with Gasteiger partial charge in [-0.3, -0.25) is 0 Å². The van der Waals surface area contributed by atoms with Gasteiger partial charge in [-0.05, 0) is 48.2 Å². The van der Waals surface area contributed by atoms with Gasteiger partial charge in [-0.1, -0.05) is 23.2 Å². The average molecular weight is 358 g/mol. The number of hydrogen-bond donors (Lipinski definition) is 2. The highest BCUT2D eigenvalue weighted by atomic mass is 35.5. The van der Waals surface area contributed by atoms with Gasteiger partial charge in [-0.2, -0.15) is 4.68 Å². The van der Waals surface area contributed by atoms with Crippen molar-refractivity contribution in [3.8, 4) is 5.69 Å². The molecule has 10 heteroatoms. The number of carbonyl (C=O) groups is 1. The number of hydrogen-bond acceptors (Lipinski definition) is 6. The van der Waals surface area contributed by atoms with E-state index in [1.54, 1.807) is 12.1 Å². The van der Waals surface area contributed by atoms with E-state index in [0.717, 1.165) is 31.0 Å². The molecule has 1 heterocycles. The molecule has 0 aliphatic rings. The number of rotatable bonds is 6. The molecule has 0 atom stereocenters. The fourth-order valence-corrected chi connectivity index (χ4v) is 1.70. The number of nitrogens with one attached hydrogen (secondary N) is 1. The fraction of sp³-hybridized carbons (Fsp3) is 0.429. The molecule has 1 aromatic heterocycles. The second-order valence-corrected chi connectivity index (χ2v) is 4.83. The van der Waals surface area contributed by atoms with Crippen LogP contribution in [0.15, 0.2) is 29.1 Å². The highest BCUT2D eigenvalue weighted by Gasteiger charge is 2.13. The zero-order chi connectivity index (χ0) is 17.9. The fourth-order valence-electron chi connectivity index (χ4n) is 1.58. The second kappa shape index (κ2) is 10.5. The molecule has 2 aromatic rings. The zero-order valence-electron chi connectivity index (χ0n) is 13.5. The van der Waals surface area contributed by atoms with Crippen molar-refractivity contribution >= 4 is 17.7 Å². The first-order valence-corrected chi connectivity index (χ1v) is 7.71. The summed E-state index contributed by atoms with van der Waals surface area (Å²) in [7, 11) is 0. The van der Waals surface area contributed by atoms with Gasteiger partial charge in [0.2, 0.25) is 0 Å². The van der Waals surface area contributed by atoms with Crippen molar-refractivity contribution in [1.82, 2.24) is 25.1 Å². The average Bonchev–Trinajstić information content (AvgIpc) is 2.95. The Morgan fingerprint density at radius 2 is 1.96 bits per heavy atom. The molecule has 0 unspecified atom stereocenters. The number of nitrogens with zero attached hydrogens (tertiary/aromatic N) is 4. The van der Waals surface area contributed by atoms with Gasteiger partial charge in [-0.25, -0.2) is 9.59 Å². The quantitative estimate of drug-likeness (QED) is 0.591. The maximum atomic E-state index is 11.5. The lowest BCUT2D eigenvalue weighted by Gasteiger charge is -1.99. The van der Waals surface area contributed by atoms with E-state index in [1.165, 1.54) is 12.1 Å². The summed E-state index contributed by atoms with van der Waals surface area (Å²) in [4.78, 5) is 22.0. The van der Waals surface area contributed by atoms with Crippen LogP contribution in [-0.4, -0.2) is 57.3 Å². The summed E-state index contributed by atoms with van der Waals surface area (Å²) in [6, 6.07) is 6.18. The van der Waals surface area contributed by atoms with Gasteiger partial charge in [0.1, 0.15) is 0 Å². The number of carboxylic acid groups (broad SMARTS) is 1. The third-order valence-corrected chi connectivity index (χ3v) is 2.96. The molecule has 0 saturated carbocycles. The molecule has 0 bridgehead atoms. The minimum atomic E-state index is -1.48. The number of benzene rings is 1. The van der Waals surface area contributed by atoms with E-state index in [9.17, 15) is 9.59 Å². The van der Waals surface area contributed by atoms with Crippen molar-refractivity contribution in [2.45, 2.75) is 13.8 Å². The lowest BCUT2D eigenvalue weighted by Crippen LogP contribution is -2.28. The molecule has 0 aliphatic carbocycles. The Bertz CT molecular complexity index is 677. The van der Waals surface area contributed by atoms with Crippen molar-refractivity contribution in [1.29, 1.82) is 0 Å². The number of tetrazole rings is 1. The summed E-state index contributed by atoms with van der Waals surface area (Å²) in [5, 5.41) is 18.9. The summed E-state index contributed by atoms with van der Waals surface area (Å²) < 4.78 is 6.18. The molecule has 132 valence electrons. The standard InChI is InChI=1S/C8H5ClN4O3.C6H15NO/c9-5-1-3-6(4-2-5)12-7(14)13(8(15)16)11-10-12;1-3-7-5-6-8-4-2/h1-4H,(H,15,16);7H,3-6H2,1-2H3. The Morgan fingerprint density at radius 1 is 1.29 bits per heavy atom. The highest BCUT2D eigenvalue weighted by molar-refractivity contribution is 6.30. The van der Waals surface area contributed by atoms with Crippen LogP contribution in [0.1, 0.15) is 13.8 Å². The van der Waals surface area contributed by atoms with Crippen LogP contribution in [0.3, 0.4) is 0 Å². The topological polar surface area (TPSA) is 111 Å². The monoisotopic (exact) mass is 357 g/mol. The molecule has 0 saturated heterocycles. The number of ether oxygens (including phenoxy) is 1. The molecule has 0 fully saturated rings. The van der Waals surface area contributed by atoms with Crippen LogP contribution in [0, 0.1) is 0 Å². The van der Waals surface area contributed by atoms with E-state index in [-0.39, 0.29) is 4.68 Å². The van der Waals surface area contributed by atoms with Crippen molar-refractivity contribution < 1.29 is 14.6 Å². The lowest BCUT2D eigenvalue weighted by atomic mass is 10.3. The van der Waals surface area contributed by atoms with Gasteiger partial charge in [0.05, 0.1) is 12.3 Å². The maximum Gasteiger partial charge on any atom is 0.438 e. The van der Waals surface area contributed by atoms with Crippen LogP contribution in [0.5, 0.6) is 0 Å². The van der Waals surface area contributed by atoms with Crippen LogP contribution in [0.2, 0.25) is 5.02 Å². The van der Waals surface area contributed by atoms with Crippen LogP contribution in [-0.2, 0) is 4.74 Å². The van der Waals surface area contributed by atoms with Gasteiger partial charge in [0.25, 0.3) is 0 Å². The molecule has 1 aromatic carbocycles. The zero-order valence-corrected chi connectivity index (χ0v) is 14.2. The van der Waals surface area contributed by atoms with Crippen molar-refractivity contribution in [2.24, 2.45) is 0 Å². The normalized spacial score (nSPS) is 10.1. The van der Waals surface area contributed by atoms with E-state index in [4.69, 9.17) is 21.4 Å². The first kappa shape index (κ1) is 19.8. The van der Waals surface area contributed by atoms with Gasteiger partial charge in [-0.15, -0.1) is 0 Å². The predicted molar refractivity (Wildman–Crippen MR) is 89.1 cm³/mol. The summed E-state index contributed by atoms with van der Waals surface area (Å²) >= 11 is 5.67. The number of likely N-dealkylation sites (N-methyl/N-ethyl adjacent to an activating group) is 1. The van der Waals surface area contributed by atoms with Crippen LogP contribution in [0.25, 0.3) is 5.69 Å². The smallest absolute Gasteiger partial charge is 0.438 e. The van der Waals surface area contributed by atoms with Gasteiger partial charge in [0, 0.05) is 18.2 Å². The molecule has 24 heavy (non-hydrogen) atoms. The third kappa shape index (κ3) is 6.11. The van der Waals surface area contributed by atoms with E-state index in [2.05, 4.69) is 22.7 Å². The molecular formula is C14H20ClN5O4. The molecule has 0 spiro atoms. The van der Waals surface area contributed by atoms with Crippen molar-refractivity contribution in [3.63, 3.8) is 0 Å². The summed E-state index contributed by atoms with van der Waals surface area (Å²) in [6.07, 6.45) is -1.48. The highest BCUT2D eigenvalue weighted by Crippen LogP contribution is 2.10. The SMILES string of the molecule is CCNCCOCC.O=C(O)n1nnn(-c2ccc(Cl)cc2)c1=O. The third-order valence-electron chi connectivity index (χ3n) is 2.71. The number of halogens is 1. The Morgan fingerprint density at radius 3 is 2.46 bits per heavy atom.